The van der Waals surface area contributed by atoms with Gasteiger partial charge in [0.15, 0.2) is 0 Å². The molecule has 1 heterocycles. The summed E-state index contributed by atoms with van der Waals surface area (Å²) in [5.41, 5.74) is 1.62. The van der Waals surface area contributed by atoms with Crippen molar-refractivity contribution in [1.29, 1.82) is 0 Å². The lowest BCUT2D eigenvalue weighted by atomic mass is 9.83. The molecule has 2 heteroatoms. The van der Waals surface area contributed by atoms with E-state index < -0.39 is 0 Å². The van der Waals surface area contributed by atoms with Crippen molar-refractivity contribution in [3.05, 3.63) is 28.0 Å². The van der Waals surface area contributed by atoms with Crippen LogP contribution in [0.1, 0.15) is 43.9 Å². The van der Waals surface area contributed by atoms with Crippen LogP contribution in [0, 0.1) is 5.92 Å². The van der Waals surface area contributed by atoms with Crippen molar-refractivity contribution < 1.29 is 0 Å². The third-order valence-corrected chi connectivity index (χ3v) is 4.40. The molecule has 17 heavy (non-hydrogen) atoms. The van der Waals surface area contributed by atoms with E-state index in [0.29, 0.717) is 0 Å². The van der Waals surface area contributed by atoms with Gasteiger partial charge in [0.05, 0.1) is 0 Å². The van der Waals surface area contributed by atoms with E-state index in [1.807, 2.05) is 11.3 Å². The Labute approximate surface area is 109 Å². The largest absolute Gasteiger partial charge is 0.313 e. The summed E-state index contributed by atoms with van der Waals surface area (Å²) in [6, 6.07) is 4.36. The third-order valence-electron chi connectivity index (χ3n) is 3.58. The summed E-state index contributed by atoms with van der Waals surface area (Å²) in [4.78, 5) is 1.41. The van der Waals surface area contributed by atoms with Crippen LogP contribution < -0.4 is 5.32 Å². The van der Waals surface area contributed by atoms with Gasteiger partial charge in [0.1, 0.15) is 0 Å². The Kier molecular flexibility index (Phi) is 5.27. The van der Waals surface area contributed by atoms with E-state index in [1.54, 1.807) is 5.57 Å². The fraction of sp³-hybridized carbons (Fsp3) is 0.600. The second kappa shape index (κ2) is 6.97. The fourth-order valence-electron chi connectivity index (χ4n) is 2.61. The molecule has 1 aromatic heterocycles. The van der Waals surface area contributed by atoms with Crippen molar-refractivity contribution in [3.8, 4) is 0 Å². The highest BCUT2D eigenvalue weighted by molar-refractivity contribution is 7.10. The molecule has 1 aliphatic rings. The second-order valence-corrected chi connectivity index (χ2v) is 5.83. The highest BCUT2D eigenvalue weighted by Crippen LogP contribution is 2.31. The molecule has 0 amide bonds. The molecule has 2 rings (SSSR count). The Morgan fingerprint density at radius 3 is 2.88 bits per heavy atom. The van der Waals surface area contributed by atoms with Crippen LogP contribution in [0.15, 0.2) is 23.1 Å². The maximum Gasteiger partial charge on any atom is 0.0270 e. The van der Waals surface area contributed by atoms with E-state index in [4.69, 9.17) is 0 Å². The second-order valence-electron chi connectivity index (χ2n) is 4.85. The average molecular weight is 249 g/mol. The summed E-state index contributed by atoms with van der Waals surface area (Å²) in [6.07, 6.45) is 9.47. The summed E-state index contributed by atoms with van der Waals surface area (Å²) in [5.74, 6) is 0.824. The van der Waals surface area contributed by atoms with Crippen molar-refractivity contribution in [1.82, 2.24) is 5.32 Å². The number of thiophene rings is 1. The van der Waals surface area contributed by atoms with Gasteiger partial charge in [-0.2, -0.15) is 0 Å². The Morgan fingerprint density at radius 1 is 1.41 bits per heavy atom. The molecule has 0 aliphatic heterocycles. The summed E-state index contributed by atoms with van der Waals surface area (Å²) in [7, 11) is 0. The zero-order chi connectivity index (χ0) is 11.9. The highest BCUT2D eigenvalue weighted by atomic mass is 32.1. The van der Waals surface area contributed by atoms with Gasteiger partial charge in [-0.05, 0) is 42.8 Å². The minimum atomic E-state index is 0.824. The standard InChI is InChI=1S/C15H23NS/c1-2-16-12-14(11-15-9-6-10-17-15)13-7-4-3-5-8-13/h6,9-11,13,16H,2-5,7-8,12H2,1H3. The van der Waals surface area contributed by atoms with Gasteiger partial charge in [-0.1, -0.05) is 37.8 Å². The van der Waals surface area contributed by atoms with Gasteiger partial charge in [0.25, 0.3) is 0 Å². The van der Waals surface area contributed by atoms with Crippen LogP contribution in [0.25, 0.3) is 6.08 Å². The van der Waals surface area contributed by atoms with Crippen LogP contribution in [0.4, 0.5) is 0 Å². The molecule has 94 valence electrons. The van der Waals surface area contributed by atoms with Crippen LogP contribution in [-0.4, -0.2) is 13.1 Å². The highest BCUT2D eigenvalue weighted by Gasteiger charge is 2.17. The van der Waals surface area contributed by atoms with Gasteiger partial charge in [0.2, 0.25) is 0 Å². The summed E-state index contributed by atoms with van der Waals surface area (Å²) >= 11 is 1.84. The predicted octanol–water partition coefficient (Wildman–Crippen LogP) is 4.32. The molecule has 1 aromatic rings. The molecule has 1 nitrogen and oxygen atoms in total. The Balaban J connectivity index is 2.06. The van der Waals surface area contributed by atoms with Crippen LogP contribution in [0.5, 0.6) is 0 Å². The first kappa shape index (κ1) is 12.8. The summed E-state index contributed by atoms with van der Waals surface area (Å²) < 4.78 is 0. The Hall–Kier alpha value is -0.600. The number of hydrogen-bond donors (Lipinski definition) is 1. The Morgan fingerprint density at radius 2 is 2.24 bits per heavy atom. The van der Waals surface area contributed by atoms with E-state index in [2.05, 4.69) is 35.8 Å². The van der Waals surface area contributed by atoms with E-state index >= 15 is 0 Å². The molecule has 1 N–H and O–H groups in total. The number of hydrogen-bond acceptors (Lipinski definition) is 2. The van der Waals surface area contributed by atoms with Crippen LogP contribution in [0.2, 0.25) is 0 Å². The maximum atomic E-state index is 3.49. The lowest BCUT2D eigenvalue weighted by Crippen LogP contribution is -2.21. The molecular formula is C15H23NS. The topological polar surface area (TPSA) is 12.0 Å². The first-order chi connectivity index (χ1) is 8.40. The molecule has 0 aromatic carbocycles. The zero-order valence-corrected chi connectivity index (χ0v) is 11.6. The minimum absolute atomic E-state index is 0.824. The molecule has 0 radical (unpaired) electrons. The van der Waals surface area contributed by atoms with E-state index in [0.717, 1.165) is 19.0 Å². The van der Waals surface area contributed by atoms with E-state index in [1.165, 1.54) is 37.0 Å². The molecular weight excluding hydrogens is 226 g/mol. The van der Waals surface area contributed by atoms with Crippen LogP contribution in [0.3, 0.4) is 0 Å². The molecule has 0 unspecified atom stereocenters. The van der Waals surface area contributed by atoms with E-state index in [9.17, 15) is 0 Å². The SMILES string of the molecule is CCNCC(=Cc1cccs1)C1CCCCC1. The third kappa shape index (κ3) is 3.97. The van der Waals surface area contributed by atoms with Crippen molar-refractivity contribution >= 4 is 17.4 Å². The number of nitrogens with one attached hydrogen (secondary N) is 1. The van der Waals surface area contributed by atoms with Gasteiger partial charge in [-0.3, -0.25) is 0 Å². The molecule has 0 spiro atoms. The van der Waals surface area contributed by atoms with Crippen LogP contribution >= 0.6 is 11.3 Å². The van der Waals surface area contributed by atoms with Gasteiger partial charge in [-0.15, -0.1) is 11.3 Å². The average Bonchev–Trinajstić information content (AvgIpc) is 2.88. The van der Waals surface area contributed by atoms with Crippen molar-refractivity contribution in [3.63, 3.8) is 0 Å². The summed E-state index contributed by atoms with van der Waals surface area (Å²) in [6.45, 7) is 4.32. The van der Waals surface area contributed by atoms with Gasteiger partial charge in [-0.25, -0.2) is 0 Å². The maximum absolute atomic E-state index is 3.49. The van der Waals surface area contributed by atoms with Gasteiger partial charge >= 0.3 is 0 Å². The quantitative estimate of drug-likeness (QED) is 0.819. The number of likely N-dealkylation sites (N-methyl/N-ethyl adjacent to an activating group) is 1. The first-order valence-electron chi connectivity index (χ1n) is 6.85. The normalized spacial score (nSPS) is 18.5. The lowest BCUT2D eigenvalue weighted by Gasteiger charge is -2.24. The zero-order valence-electron chi connectivity index (χ0n) is 10.7. The summed E-state index contributed by atoms with van der Waals surface area (Å²) in [5, 5.41) is 5.66. The van der Waals surface area contributed by atoms with Crippen molar-refractivity contribution in [2.24, 2.45) is 5.92 Å². The molecule has 0 atom stereocenters. The predicted molar refractivity (Wildman–Crippen MR) is 77.4 cm³/mol. The minimum Gasteiger partial charge on any atom is -0.313 e. The lowest BCUT2D eigenvalue weighted by molar-refractivity contribution is 0.397. The smallest absolute Gasteiger partial charge is 0.0270 e. The first-order valence-corrected chi connectivity index (χ1v) is 7.73. The molecule has 1 saturated carbocycles. The van der Waals surface area contributed by atoms with E-state index in [-0.39, 0.29) is 0 Å². The molecule has 0 saturated heterocycles. The van der Waals surface area contributed by atoms with Crippen molar-refractivity contribution in [2.45, 2.75) is 39.0 Å². The molecule has 0 bridgehead atoms. The molecule has 1 aliphatic carbocycles. The van der Waals surface area contributed by atoms with Gasteiger partial charge in [0, 0.05) is 11.4 Å². The van der Waals surface area contributed by atoms with Gasteiger partial charge < -0.3 is 5.32 Å². The Bertz CT molecular complexity index is 334. The van der Waals surface area contributed by atoms with Crippen LogP contribution in [-0.2, 0) is 0 Å². The monoisotopic (exact) mass is 249 g/mol. The van der Waals surface area contributed by atoms with Crippen molar-refractivity contribution in [2.75, 3.05) is 13.1 Å². The fourth-order valence-corrected chi connectivity index (χ4v) is 3.30. The molecule has 1 fully saturated rings. The number of rotatable bonds is 5.